The summed E-state index contributed by atoms with van der Waals surface area (Å²) in [6, 6.07) is -0.733. The number of alkyl halides is 2. The van der Waals surface area contributed by atoms with Crippen molar-refractivity contribution < 1.29 is 36.7 Å². The summed E-state index contributed by atoms with van der Waals surface area (Å²) in [5.41, 5.74) is -1.63. The number of hydrogen-bond donors (Lipinski definition) is 0. The first kappa shape index (κ1) is 21.9. The number of benzene rings is 1. The van der Waals surface area contributed by atoms with Crippen LogP contribution in [0.4, 0.5) is 28.0 Å². The Morgan fingerprint density at radius 1 is 1.25 bits per heavy atom. The van der Waals surface area contributed by atoms with Gasteiger partial charge in [0.05, 0.1) is 17.1 Å². The molecule has 0 aliphatic carbocycles. The fourth-order valence-electron chi connectivity index (χ4n) is 2.57. The maximum atomic E-state index is 14.0. The maximum absolute atomic E-state index is 14.0. The highest BCUT2D eigenvalue weighted by atomic mass is 35.5. The van der Waals surface area contributed by atoms with Crippen LogP contribution in [0.5, 0.6) is 0 Å². The summed E-state index contributed by atoms with van der Waals surface area (Å²) in [5, 5.41) is -0.507. The largest absolute Gasteiger partial charge is 0.443 e. The number of halogens is 5. The first-order valence-corrected chi connectivity index (χ1v) is 8.40. The lowest BCUT2D eigenvalue weighted by Gasteiger charge is -2.28. The molecule has 11 heteroatoms. The number of anilines is 1. The van der Waals surface area contributed by atoms with Gasteiger partial charge in [-0.2, -0.15) is 8.78 Å². The van der Waals surface area contributed by atoms with E-state index in [0.717, 1.165) is 13.1 Å². The van der Waals surface area contributed by atoms with Crippen LogP contribution in [0.15, 0.2) is 12.1 Å². The number of amides is 3. The number of carbonyl (C=O) groups excluding carboxylic acids is 3. The molecule has 0 saturated carbocycles. The Morgan fingerprint density at radius 3 is 2.36 bits per heavy atom. The molecule has 0 aromatic heterocycles. The molecule has 6 nitrogen and oxygen atoms in total. The van der Waals surface area contributed by atoms with E-state index in [-0.39, 0.29) is 4.90 Å². The van der Waals surface area contributed by atoms with E-state index in [4.69, 9.17) is 16.3 Å². The summed E-state index contributed by atoms with van der Waals surface area (Å²) in [6.45, 7) is 4.34. The van der Waals surface area contributed by atoms with Crippen LogP contribution in [0, 0.1) is 11.6 Å². The van der Waals surface area contributed by atoms with Crippen molar-refractivity contribution in [3.8, 4) is 0 Å². The van der Waals surface area contributed by atoms with Crippen molar-refractivity contribution in [2.24, 2.45) is 0 Å². The molecule has 0 N–H and O–H groups in total. The molecule has 1 heterocycles. The molecule has 3 amide bonds. The summed E-state index contributed by atoms with van der Waals surface area (Å²) >= 11 is 5.58. The van der Waals surface area contributed by atoms with Gasteiger partial charge in [-0.05, 0) is 26.8 Å². The Kier molecular flexibility index (Phi) is 5.66. The van der Waals surface area contributed by atoms with Gasteiger partial charge in [0.25, 0.3) is 0 Å². The molecular weight excluding hydrogens is 408 g/mol. The van der Waals surface area contributed by atoms with E-state index in [9.17, 15) is 31.9 Å². The number of imide groups is 1. The Bertz CT molecular complexity index is 841. The molecular formula is C17H17ClF4N2O4. The minimum absolute atomic E-state index is 0.0210. The first-order chi connectivity index (χ1) is 12.7. The number of carbonyl (C=O) groups is 3. The summed E-state index contributed by atoms with van der Waals surface area (Å²) < 4.78 is 60.1. The number of hydrogen-bond acceptors (Lipinski definition) is 4. The fourth-order valence-corrected chi connectivity index (χ4v) is 2.73. The van der Waals surface area contributed by atoms with E-state index < -0.39 is 64.2 Å². The zero-order valence-electron chi connectivity index (χ0n) is 15.4. The van der Waals surface area contributed by atoms with Crippen LogP contribution >= 0.6 is 11.6 Å². The maximum Gasteiger partial charge on any atom is 0.417 e. The van der Waals surface area contributed by atoms with Crippen LogP contribution < -0.4 is 4.90 Å². The average Bonchev–Trinajstić information content (AvgIpc) is 2.78. The molecule has 1 atom stereocenters. The van der Waals surface area contributed by atoms with Crippen LogP contribution in [0.3, 0.4) is 0 Å². The van der Waals surface area contributed by atoms with Crippen LogP contribution in [-0.4, -0.2) is 47.4 Å². The molecule has 0 bridgehead atoms. The molecule has 1 aliphatic heterocycles. The van der Waals surface area contributed by atoms with E-state index in [1.165, 1.54) is 20.8 Å². The van der Waals surface area contributed by atoms with Crippen LogP contribution in [0.1, 0.15) is 27.2 Å². The van der Waals surface area contributed by atoms with Gasteiger partial charge in [0.1, 0.15) is 23.3 Å². The number of ether oxygens (including phenoxy) is 1. The predicted molar refractivity (Wildman–Crippen MR) is 91.2 cm³/mol. The molecule has 0 radical (unpaired) electrons. The first-order valence-electron chi connectivity index (χ1n) is 8.02. The lowest BCUT2D eigenvalue weighted by atomic mass is 10.1. The van der Waals surface area contributed by atoms with E-state index in [0.29, 0.717) is 11.0 Å². The molecule has 1 aliphatic rings. The van der Waals surface area contributed by atoms with Crippen LogP contribution in [0.25, 0.3) is 0 Å². The average molecular weight is 425 g/mol. The standard InChI is InChI=1S/C17H17ClF4N2O4/c1-16(2,3)28-15(27)24-12(7-17(21,22)14(24)26)13(25)23(4)11-5-8(18)9(19)6-10(11)20/h5-6,12H,7H2,1-4H3. The summed E-state index contributed by atoms with van der Waals surface area (Å²) in [4.78, 5) is 37.5. The molecule has 28 heavy (non-hydrogen) atoms. The topological polar surface area (TPSA) is 66.9 Å². The lowest BCUT2D eigenvalue weighted by Crippen LogP contribution is -2.50. The van der Waals surface area contributed by atoms with E-state index in [1.807, 2.05) is 0 Å². The van der Waals surface area contributed by atoms with E-state index >= 15 is 0 Å². The third-order valence-corrected chi connectivity index (χ3v) is 4.14. The number of likely N-dealkylation sites (tertiary alicyclic amines) is 1. The van der Waals surface area contributed by atoms with Crippen molar-refractivity contribution in [2.45, 2.75) is 44.8 Å². The Balaban J connectivity index is 2.39. The SMILES string of the molecule is CN(C(=O)C1CC(F)(F)C(=O)N1C(=O)OC(C)(C)C)c1cc(Cl)c(F)cc1F. The quantitative estimate of drug-likeness (QED) is 0.535. The Labute approximate surface area is 163 Å². The second kappa shape index (κ2) is 7.23. The molecule has 0 spiro atoms. The van der Waals surface area contributed by atoms with Gasteiger partial charge >= 0.3 is 17.9 Å². The van der Waals surface area contributed by atoms with Gasteiger partial charge in [-0.3, -0.25) is 9.59 Å². The van der Waals surface area contributed by atoms with Crippen molar-refractivity contribution in [1.82, 2.24) is 4.90 Å². The predicted octanol–water partition coefficient (Wildman–Crippen LogP) is 3.75. The van der Waals surface area contributed by atoms with Crippen molar-refractivity contribution in [1.29, 1.82) is 0 Å². The summed E-state index contributed by atoms with van der Waals surface area (Å²) in [6.07, 6.45) is -2.73. The minimum atomic E-state index is -3.99. The highest BCUT2D eigenvalue weighted by molar-refractivity contribution is 6.31. The third kappa shape index (κ3) is 4.21. The summed E-state index contributed by atoms with van der Waals surface area (Å²) in [7, 11) is 1.02. The third-order valence-electron chi connectivity index (χ3n) is 3.85. The van der Waals surface area contributed by atoms with Gasteiger partial charge in [0.15, 0.2) is 0 Å². The van der Waals surface area contributed by atoms with Crippen LogP contribution in [-0.2, 0) is 14.3 Å². The fraction of sp³-hybridized carbons (Fsp3) is 0.471. The molecule has 1 fully saturated rings. The molecule has 1 aromatic carbocycles. The van der Waals surface area contributed by atoms with Crippen molar-refractivity contribution >= 4 is 35.2 Å². The van der Waals surface area contributed by atoms with Gasteiger partial charge in [-0.1, -0.05) is 11.6 Å². The molecule has 154 valence electrons. The van der Waals surface area contributed by atoms with Crippen molar-refractivity contribution in [3.05, 3.63) is 28.8 Å². The second-order valence-electron chi connectivity index (χ2n) is 7.19. The molecule has 1 aromatic rings. The number of nitrogens with zero attached hydrogens (tertiary/aromatic N) is 2. The molecule has 1 unspecified atom stereocenters. The van der Waals surface area contributed by atoms with Crippen molar-refractivity contribution in [3.63, 3.8) is 0 Å². The minimum Gasteiger partial charge on any atom is -0.443 e. The zero-order valence-corrected chi connectivity index (χ0v) is 16.1. The molecule has 2 rings (SSSR count). The van der Waals surface area contributed by atoms with Crippen molar-refractivity contribution in [2.75, 3.05) is 11.9 Å². The van der Waals surface area contributed by atoms with E-state index in [2.05, 4.69) is 0 Å². The lowest BCUT2D eigenvalue weighted by molar-refractivity contribution is -0.147. The monoisotopic (exact) mass is 424 g/mol. The summed E-state index contributed by atoms with van der Waals surface area (Å²) in [5.74, 6) is -9.35. The Morgan fingerprint density at radius 2 is 1.82 bits per heavy atom. The smallest absolute Gasteiger partial charge is 0.417 e. The van der Waals surface area contributed by atoms with E-state index in [1.54, 1.807) is 0 Å². The highest BCUT2D eigenvalue weighted by Crippen LogP contribution is 2.36. The van der Waals surface area contributed by atoms with Gasteiger partial charge in [0.2, 0.25) is 5.91 Å². The van der Waals surface area contributed by atoms with Gasteiger partial charge in [-0.15, -0.1) is 0 Å². The second-order valence-corrected chi connectivity index (χ2v) is 7.60. The van der Waals surface area contributed by atoms with Gasteiger partial charge in [0, 0.05) is 13.1 Å². The normalized spacial score (nSPS) is 19.0. The molecule has 1 saturated heterocycles. The highest BCUT2D eigenvalue weighted by Gasteiger charge is 2.59. The Hall–Kier alpha value is -2.36. The van der Waals surface area contributed by atoms with Crippen LogP contribution in [0.2, 0.25) is 5.02 Å². The van der Waals surface area contributed by atoms with Gasteiger partial charge in [-0.25, -0.2) is 18.5 Å². The number of likely N-dealkylation sites (N-methyl/N-ethyl adjacent to an activating group) is 1. The van der Waals surface area contributed by atoms with Gasteiger partial charge < -0.3 is 9.64 Å². The number of rotatable bonds is 2. The zero-order chi connectivity index (χ0) is 21.6.